The van der Waals surface area contributed by atoms with E-state index in [2.05, 4.69) is 11.4 Å². The Bertz CT molecular complexity index is 480. The van der Waals surface area contributed by atoms with Crippen LogP contribution in [0.5, 0.6) is 0 Å². The fraction of sp³-hybridized carbons (Fsp3) is 0.643. The van der Waals surface area contributed by atoms with Gasteiger partial charge in [0.25, 0.3) is 0 Å². The topological polar surface area (TPSA) is 32.3 Å². The molecule has 1 fully saturated rings. The quantitative estimate of drug-likeness (QED) is 0.910. The third-order valence-electron chi connectivity index (χ3n) is 4.22. The molecule has 0 saturated carbocycles. The Morgan fingerprint density at radius 2 is 2.16 bits per heavy atom. The number of hydrogen-bond acceptors (Lipinski definition) is 3. The van der Waals surface area contributed by atoms with Gasteiger partial charge in [-0.3, -0.25) is 4.79 Å². The minimum atomic E-state index is 0.200. The Morgan fingerprint density at radius 3 is 2.84 bits per heavy atom. The van der Waals surface area contributed by atoms with Crippen molar-refractivity contribution in [2.45, 2.75) is 44.7 Å². The molecule has 1 unspecified atom stereocenters. The van der Waals surface area contributed by atoms with Gasteiger partial charge in [0, 0.05) is 37.0 Å². The van der Waals surface area contributed by atoms with Gasteiger partial charge < -0.3 is 10.2 Å². The molecule has 3 rings (SSSR count). The first-order chi connectivity index (χ1) is 9.13. The van der Waals surface area contributed by atoms with Gasteiger partial charge in [0.1, 0.15) is 0 Å². The van der Waals surface area contributed by atoms with Crippen molar-refractivity contribution >= 4 is 28.8 Å². The Balaban J connectivity index is 1.57. The fourth-order valence-electron chi connectivity index (χ4n) is 3.15. The second kappa shape index (κ2) is 5.43. The zero-order chi connectivity index (χ0) is 13.4. The molecule has 1 N–H and O–H groups in total. The summed E-state index contributed by atoms with van der Waals surface area (Å²) in [7, 11) is 0. The summed E-state index contributed by atoms with van der Waals surface area (Å²) in [5.41, 5.74) is 1.41. The van der Waals surface area contributed by atoms with Crippen molar-refractivity contribution in [3.8, 4) is 0 Å². The first kappa shape index (κ1) is 13.4. The highest BCUT2D eigenvalue weighted by atomic mass is 35.5. The van der Waals surface area contributed by atoms with Gasteiger partial charge in [0.05, 0.1) is 4.34 Å². The minimum Gasteiger partial charge on any atom is -0.343 e. The van der Waals surface area contributed by atoms with Crippen molar-refractivity contribution in [3.63, 3.8) is 0 Å². The van der Waals surface area contributed by atoms with Crippen molar-refractivity contribution in [1.82, 2.24) is 10.2 Å². The summed E-state index contributed by atoms with van der Waals surface area (Å²) in [6.07, 6.45) is 4.45. The van der Waals surface area contributed by atoms with Crippen LogP contribution in [0.1, 0.15) is 42.7 Å². The molecule has 104 valence electrons. The number of aryl methyl sites for hydroxylation is 1. The Hall–Kier alpha value is -0.580. The molecule has 2 heterocycles. The molecular formula is C14H19ClN2OS. The highest BCUT2D eigenvalue weighted by Gasteiger charge is 2.28. The molecule has 3 nitrogen and oxygen atoms in total. The Morgan fingerprint density at radius 1 is 1.42 bits per heavy atom. The summed E-state index contributed by atoms with van der Waals surface area (Å²) in [5, 5.41) is 3.76. The van der Waals surface area contributed by atoms with E-state index >= 15 is 0 Å². The van der Waals surface area contributed by atoms with Gasteiger partial charge in [0.2, 0.25) is 5.91 Å². The summed E-state index contributed by atoms with van der Waals surface area (Å²) in [4.78, 5) is 14.7. The lowest BCUT2D eigenvalue weighted by atomic mass is 10.0. The van der Waals surface area contributed by atoms with E-state index in [1.807, 2.05) is 4.90 Å². The van der Waals surface area contributed by atoms with Gasteiger partial charge in [-0.2, -0.15) is 0 Å². The number of nitrogens with one attached hydrogen (secondary N) is 1. The molecule has 0 bridgehead atoms. The second-order valence-electron chi connectivity index (χ2n) is 5.47. The monoisotopic (exact) mass is 298 g/mol. The molecule has 2 aliphatic rings. The molecule has 0 aromatic carbocycles. The van der Waals surface area contributed by atoms with E-state index in [4.69, 9.17) is 11.6 Å². The Kier molecular flexibility index (Phi) is 3.83. The molecule has 5 heteroatoms. The SMILES string of the molecule is CC(=O)N1CCC(NC2CCc3sc(Cl)cc32)CC1. The van der Waals surface area contributed by atoms with Gasteiger partial charge in [-0.15, -0.1) is 11.3 Å². The van der Waals surface area contributed by atoms with Gasteiger partial charge in [0.15, 0.2) is 0 Å². The molecule has 1 aromatic heterocycles. The third kappa shape index (κ3) is 2.81. The van der Waals surface area contributed by atoms with Gasteiger partial charge >= 0.3 is 0 Å². The van der Waals surface area contributed by atoms with Crippen LogP contribution in [0.3, 0.4) is 0 Å². The number of thiophene rings is 1. The average molecular weight is 299 g/mol. The van der Waals surface area contributed by atoms with Crippen molar-refractivity contribution in [2.24, 2.45) is 0 Å². The summed E-state index contributed by atoms with van der Waals surface area (Å²) in [6.45, 7) is 3.43. The summed E-state index contributed by atoms with van der Waals surface area (Å²) in [6, 6.07) is 3.12. The molecule has 1 saturated heterocycles. The number of halogens is 1. The first-order valence-electron chi connectivity index (χ1n) is 6.93. The van der Waals surface area contributed by atoms with E-state index in [0.29, 0.717) is 12.1 Å². The third-order valence-corrected chi connectivity index (χ3v) is 5.56. The normalized spacial score (nSPS) is 23.7. The molecule has 1 aromatic rings. The van der Waals surface area contributed by atoms with Crippen molar-refractivity contribution in [1.29, 1.82) is 0 Å². The lowest BCUT2D eigenvalue weighted by Crippen LogP contribution is -2.44. The number of rotatable bonds is 2. The predicted octanol–water partition coefficient (Wildman–Crippen LogP) is 2.99. The van der Waals surface area contributed by atoms with Crippen LogP contribution in [0.15, 0.2) is 6.07 Å². The Labute approximate surface area is 122 Å². The van der Waals surface area contributed by atoms with Crippen LogP contribution in [0, 0.1) is 0 Å². The first-order valence-corrected chi connectivity index (χ1v) is 8.12. The van der Waals surface area contributed by atoms with Crippen molar-refractivity contribution in [3.05, 3.63) is 20.8 Å². The number of hydrogen-bond donors (Lipinski definition) is 1. The largest absolute Gasteiger partial charge is 0.343 e. The standard InChI is InChI=1S/C14H19ClN2OS/c1-9(18)17-6-4-10(5-7-17)16-12-2-3-13-11(12)8-14(15)19-13/h8,10,12,16H,2-7H2,1H3. The van der Waals surface area contributed by atoms with E-state index in [0.717, 1.165) is 36.7 Å². The van der Waals surface area contributed by atoms with Gasteiger partial charge in [-0.05, 0) is 37.3 Å². The molecule has 0 radical (unpaired) electrons. The van der Waals surface area contributed by atoms with Crippen molar-refractivity contribution < 1.29 is 4.79 Å². The van der Waals surface area contributed by atoms with E-state index in [1.54, 1.807) is 18.3 Å². The maximum atomic E-state index is 11.3. The molecule has 1 atom stereocenters. The van der Waals surface area contributed by atoms with E-state index in [9.17, 15) is 4.79 Å². The highest BCUT2D eigenvalue weighted by molar-refractivity contribution is 7.16. The fourth-order valence-corrected chi connectivity index (χ4v) is 4.51. The summed E-state index contributed by atoms with van der Waals surface area (Å²) >= 11 is 7.81. The molecule has 1 aliphatic carbocycles. The number of piperidine rings is 1. The highest BCUT2D eigenvalue weighted by Crippen LogP contribution is 2.39. The number of carbonyl (C=O) groups excluding carboxylic acids is 1. The number of amides is 1. The zero-order valence-corrected chi connectivity index (χ0v) is 12.7. The number of likely N-dealkylation sites (tertiary alicyclic amines) is 1. The molecule has 1 amide bonds. The second-order valence-corrected chi connectivity index (χ2v) is 7.24. The van der Waals surface area contributed by atoms with E-state index < -0.39 is 0 Å². The number of carbonyl (C=O) groups is 1. The van der Waals surface area contributed by atoms with Crippen LogP contribution >= 0.6 is 22.9 Å². The van der Waals surface area contributed by atoms with Gasteiger partial charge in [-0.25, -0.2) is 0 Å². The zero-order valence-electron chi connectivity index (χ0n) is 11.1. The van der Waals surface area contributed by atoms with Crippen LogP contribution in [-0.4, -0.2) is 29.9 Å². The molecule has 0 spiro atoms. The smallest absolute Gasteiger partial charge is 0.219 e. The molecular weight excluding hydrogens is 280 g/mol. The average Bonchev–Trinajstić information content (AvgIpc) is 2.91. The molecule has 1 aliphatic heterocycles. The van der Waals surface area contributed by atoms with Crippen LogP contribution in [0.4, 0.5) is 0 Å². The van der Waals surface area contributed by atoms with Gasteiger partial charge in [-0.1, -0.05) is 11.6 Å². The van der Waals surface area contributed by atoms with Crippen LogP contribution < -0.4 is 5.32 Å². The lowest BCUT2D eigenvalue weighted by Gasteiger charge is -2.33. The number of fused-ring (bicyclic) bond motifs is 1. The van der Waals surface area contributed by atoms with Crippen molar-refractivity contribution in [2.75, 3.05) is 13.1 Å². The van der Waals surface area contributed by atoms with Crippen LogP contribution in [0.2, 0.25) is 4.34 Å². The maximum Gasteiger partial charge on any atom is 0.219 e. The van der Waals surface area contributed by atoms with Crippen LogP contribution in [-0.2, 0) is 11.2 Å². The summed E-state index contributed by atoms with van der Waals surface area (Å²) in [5.74, 6) is 0.200. The maximum absolute atomic E-state index is 11.3. The number of nitrogens with zero attached hydrogens (tertiary/aromatic N) is 1. The van der Waals surface area contributed by atoms with E-state index in [-0.39, 0.29) is 5.91 Å². The lowest BCUT2D eigenvalue weighted by molar-refractivity contribution is -0.129. The van der Waals surface area contributed by atoms with E-state index in [1.165, 1.54) is 16.9 Å². The predicted molar refractivity (Wildman–Crippen MR) is 78.8 cm³/mol. The minimum absolute atomic E-state index is 0.200. The molecule has 19 heavy (non-hydrogen) atoms. The summed E-state index contributed by atoms with van der Waals surface area (Å²) < 4.78 is 0.905. The van der Waals surface area contributed by atoms with Crippen LogP contribution in [0.25, 0.3) is 0 Å².